The van der Waals surface area contributed by atoms with E-state index in [2.05, 4.69) is 22.7 Å². The van der Waals surface area contributed by atoms with Gasteiger partial charge < -0.3 is 9.80 Å². The molecule has 0 saturated carbocycles. The summed E-state index contributed by atoms with van der Waals surface area (Å²) >= 11 is 19.8. The second-order valence-electron chi connectivity index (χ2n) is 9.15. The first kappa shape index (κ1) is 26.3. The van der Waals surface area contributed by atoms with Crippen molar-refractivity contribution in [3.8, 4) is 16.8 Å². The van der Waals surface area contributed by atoms with E-state index in [-0.39, 0.29) is 11.5 Å². The van der Waals surface area contributed by atoms with Crippen LogP contribution in [0.5, 0.6) is 0 Å². The largest absolute Gasteiger partial charge is 0.368 e. The van der Waals surface area contributed by atoms with E-state index in [1.165, 1.54) is 6.07 Å². The van der Waals surface area contributed by atoms with Crippen LogP contribution in [0.4, 0.5) is 5.69 Å². The zero-order valence-corrected chi connectivity index (χ0v) is 23.0. The van der Waals surface area contributed by atoms with Crippen molar-refractivity contribution >= 4 is 64.0 Å². The Labute approximate surface area is 235 Å². The minimum atomic E-state index is -0.469. The highest BCUT2D eigenvalue weighted by molar-refractivity contribution is 6.38. The van der Waals surface area contributed by atoms with Gasteiger partial charge in [0.1, 0.15) is 6.04 Å². The van der Waals surface area contributed by atoms with Crippen molar-refractivity contribution in [2.24, 2.45) is 4.99 Å². The average Bonchev–Trinajstić information content (AvgIpc) is 2.93. The number of piperazine rings is 1. The molecular weight excluding hydrogens is 543 g/mol. The molecule has 0 spiro atoms. The number of pyridine rings is 1. The summed E-state index contributed by atoms with van der Waals surface area (Å²) in [6.45, 7) is 7.59. The number of anilines is 1. The highest BCUT2D eigenvalue weighted by Gasteiger charge is 2.26. The predicted molar refractivity (Wildman–Crippen MR) is 158 cm³/mol. The van der Waals surface area contributed by atoms with Crippen LogP contribution in [0, 0.1) is 0 Å². The van der Waals surface area contributed by atoms with Gasteiger partial charge in [-0.1, -0.05) is 59.1 Å². The first-order valence-electron chi connectivity index (χ1n) is 12.2. The normalized spacial score (nSPS) is 14.5. The van der Waals surface area contributed by atoms with Crippen LogP contribution in [-0.2, 0) is 4.79 Å². The van der Waals surface area contributed by atoms with E-state index >= 15 is 0 Å². The summed E-state index contributed by atoms with van der Waals surface area (Å²) in [4.78, 5) is 33.8. The number of para-hydroxylation sites is 1. The summed E-state index contributed by atoms with van der Waals surface area (Å²) in [6.07, 6.45) is 0. The van der Waals surface area contributed by atoms with Crippen LogP contribution in [0.2, 0.25) is 15.1 Å². The maximum Gasteiger partial charge on any atom is 0.255 e. The topological polar surface area (TPSA) is 57.9 Å². The van der Waals surface area contributed by atoms with Gasteiger partial charge in [-0.15, -0.1) is 0 Å². The van der Waals surface area contributed by atoms with Crippen molar-refractivity contribution in [1.29, 1.82) is 0 Å². The van der Waals surface area contributed by atoms with E-state index in [1.54, 1.807) is 29.7 Å². The third kappa shape index (κ3) is 4.80. The predicted octanol–water partition coefficient (Wildman–Crippen LogP) is 6.36. The lowest BCUT2D eigenvalue weighted by molar-refractivity contribution is -0.132. The van der Waals surface area contributed by atoms with Gasteiger partial charge in [0.15, 0.2) is 0 Å². The lowest BCUT2D eigenvalue weighted by atomic mass is 9.98. The maximum atomic E-state index is 13.3. The molecule has 6 nitrogen and oxygen atoms in total. The SMILES string of the molecule is C=N[C@@H](C)C(=O)N1CCN(c2cc(-c3ccccc3Cl)c3ccc(=O)n(-c4c(Cl)cccc4Cl)c3c2)CC1. The minimum Gasteiger partial charge on any atom is -0.368 e. The van der Waals surface area contributed by atoms with Crippen LogP contribution in [0.15, 0.2) is 76.5 Å². The van der Waals surface area contributed by atoms with Gasteiger partial charge in [0.05, 0.1) is 21.2 Å². The number of benzene rings is 3. The molecule has 5 rings (SSSR count). The molecule has 1 fully saturated rings. The van der Waals surface area contributed by atoms with Crippen molar-refractivity contribution in [3.05, 3.63) is 92.2 Å². The Balaban J connectivity index is 1.69. The van der Waals surface area contributed by atoms with E-state index in [1.807, 2.05) is 41.3 Å². The first-order chi connectivity index (χ1) is 18.3. The van der Waals surface area contributed by atoms with E-state index in [4.69, 9.17) is 34.8 Å². The molecular formula is C29H25Cl3N4O2. The van der Waals surface area contributed by atoms with Gasteiger partial charge in [-0.05, 0) is 55.6 Å². The Hall–Kier alpha value is -3.32. The van der Waals surface area contributed by atoms with Crippen LogP contribution in [0.3, 0.4) is 0 Å². The molecule has 1 saturated heterocycles. The Morgan fingerprint density at radius 2 is 1.53 bits per heavy atom. The van der Waals surface area contributed by atoms with Gasteiger partial charge in [0, 0.05) is 53.9 Å². The third-order valence-corrected chi connectivity index (χ3v) is 7.85. The van der Waals surface area contributed by atoms with Crippen LogP contribution < -0.4 is 10.5 Å². The molecule has 0 N–H and O–H groups in total. The molecule has 4 aromatic rings. The quantitative estimate of drug-likeness (QED) is 0.264. The Kier molecular flexibility index (Phi) is 7.48. The minimum absolute atomic E-state index is 0.0304. The second-order valence-corrected chi connectivity index (χ2v) is 10.4. The van der Waals surface area contributed by atoms with Gasteiger partial charge in [-0.3, -0.25) is 19.1 Å². The molecule has 2 heterocycles. The maximum absolute atomic E-state index is 13.3. The number of carbonyl (C=O) groups is 1. The summed E-state index contributed by atoms with van der Waals surface area (Å²) in [7, 11) is 0. The smallest absolute Gasteiger partial charge is 0.255 e. The molecule has 0 aliphatic carbocycles. The zero-order chi connectivity index (χ0) is 27.0. The number of carbonyl (C=O) groups excluding carboxylic acids is 1. The fraction of sp³-hybridized carbons (Fsp3) is 0.207. The van der Waals surface area contributed by atoms with Crippen LogP contribution in [-0.4, -0.2) is 54.3 Å². The molecule has 1 aliphatic heterocycles. The molecule has 0 radical (unpaired) electrons. The second kappa shape index (κ2) is 10.8. The van der Waals surface area contributed by atoms with Crippen molar-refractivity contribution in [2.75, 3.05) is 31.1 Å². The van der Waals surface area contributed by atoms with Gasteiger partial charge >= 0.3 is 0 Å². The lowest BCUT2D eigenvalue weighted by Gasteiger charge is -2.37. The first-order valence-corrected chi connectivity index (χ1v) is 13.3. The molecule has 1 aromatic heterocycles. The van der Waals surface area contributed by atoms with Crippen LogP contribution in [0.25, 0.3) is 27.7 Å². The molecule has 194 valence electrons. The molecule has 38 heavy (non-hydrogen) atoms. The number of aromatic nitrogens is 1. The zero-order valence-electron chi connectivity index (χ0n) is 20.7. The van der Waals surface area contributed by atoms with Crippen LogP contribution in [0.1, 0.15) is 6.92 Å². The number of nitrogens with zero attached hydrogens (tertiary/aromatic N) is 4. The fourth-order valence-corrected chi connectivity index (χ4v) is 5.68. The summed E-state index contributed by atoms with van der Waals surface area (Å²) in [5.41, 5.74) is 3.45. The van der Waals surface area contributed by atoms with Crippen molar-refractivity contribution in [2.45, 2.75) is 13.0 Å². The van der Waals surface area contributed by atoms with Crippen LogP contribution >= 0.6 is 34.8 Å². The summed E-state index contributed by atoms with van der Waals surface area (Å²) < 4.78 is 1.56. The summed E-state index contributed by atoms with van der Waals surface area (Å²) in [5.74, 6) is -0.0304. The lowest BCUT2D eigenvalue weighted by Crippen LogP contribution is -2.50. The highest BCUT2D eigenvalue weighted by atomic mass is 35.5. The molecule has 0 bridgehead atoms. The summed E-state index contributed by atoms with van der Waals surface area (Å²) in [5, 5.41) is 2.17. The number of amides is 1. The molecule has 0 unspecified atom stereocenters. The number of aliphatic imine (C=N–C) groups is 1. The number of hydrogen-bond acceptors (Lipinski definition) is 4. The Bertz CT molecular complexity index is 1590. The van der Waals surface area contributed by atoms with Gasteiger partial charge in [-0.2, -0.15) is 0 Å². The highest BCUT2D eigenvalue weighted by Crippen LogP contribution is 2.38. The number of halogens is 3. The van der Waals surface area contributed by atoms with E-state index in [0.29, 0.717) is 52.5 Å². The standard InChI is InChI=1S/C29H25Cl3N4O2/c1-18(33-2)29(38)35-14-12-34(13-15-35)19-16-22(20-6-3-4-7-23(20)30)21-10-11-27(37)36(26(21)17-19)28-24(31)8-5-9-25(28)32/h3-11,16-18H,2,12-15H2,1H3/t18-/m0/s1. The Morgan fingerprint density at radius 3 is 2.18 bits per heavy atom. The number of hydrogen-bond donors (Lipinski definition) is 0. The van der Waals surface area contributed by atoms with Crippen molar-refractivity contribution in [1.82, 2.24) is 9.47 Å². The van der Waals surface area contributed by atoms with E-state index in [9.17, 15) is 9.59 Å². The number of rotatable bonds is 5. The van der Waals surface area contributed by atoms with E-state index < -0.39 is 6.04 Å². The Morgan fingerprint density at radius 1 is 0.868 bits per heavy atom. The molecule has 3 aromatic carbocycles. The average molecular weight is 568 g/mol. The monoisotopic (exact) mass is 566 g/mol. The van der Waals surface area contributed by atoms with E-state index in [0.717, 1.165) is 22.2 Å². The summed E-state index contributed by atoms with van der Waals surface area (Å²) in [6, 6.07) is 19.7. The third-order valence-electron chi connectivity index (χ3n) is 6.91. The molecule has 1 amide bonds. The number of fused-ring (bicyclic) bond motifs is 1. The molecule has 1 aliphatic rings. The fourth-order valence-electron chi connectivity index (χ4n) is 4.88. The van der Waals surface area contributed by atoms with Gasteiger partial charge in [0.25, 0.3) is 5.56 Å². The van der Waals surface area contributed by atoms with Crippen molar-refractivity contribution in [3.63, 3.8) is 0 Å². The van der Waals surface area contributed by atoms with Gasteiger partial charge in [-0.25, -0.2) is 0 Å². The van der Waals surface area contributed by atoms with Crippen molar-refractivity contribution < 1.29 is 4.79 Å². The van der Waals surface area contributed by atoms with Gasteiger partial charge in [0.2, 0.25) is 5.91 Å². The molecule has 9 heteroatoms. The molecule has 1 atom stereocenters.